The largest absolute Gasteiger partial charge is 0.481 e. The molecule has 0 saturated heterocycles. The lowest BCUT2D eigenvalue weighted by Gasteiger charge is -2.28. The molecule has 0 bridgehead atoms. The first-order valence-electron chi connectivity index (χ1n) is 9.61. The van der Waals surface area contributed by atoms with Gasteiger partial charge in [0.25, 0.3) is 5.91 Å². The van der Waals surface area contributed by atoms with Crippen molar-refractivity contribution in [1.82, 2.24) is 5.32 Å². The molecular formula is C23H29NO2. The van der Waals surface area contributed by atoms with Gasteiger partial charge in [0.15, 0.2) is 6.10 Å². The summed E-state index contributed by atoms with van der Waals surface area (Å²) >= 11 is 0. The van der Waals surface area contributed by atoms with Crippen molar-refractivity contribution in [3.05, 3.63) is 64.7 Å². The SMILES string of the molecule is Cc1ccc(C(C)C)c(O[C@@H](C)C(=O)N[C@@H]2CCCc3ccccc32)c1. The molecule has 0 unspecified atom stereocenters. The van der Waals surface area contributed by atoms with Crippen LogP contribution < -0.4 is 10.1 Å². The predicted octanol–water partition coefficient (Wildman–Crippen LogP) is 5.08. The Balaban J connectivity index is 1.71. The van der Waals surface area contributed by atoms with Gasteiger partial charge in [-0.25, -0.2) is 0 Å². The number of hydrogen-bond acceptors (Lipinski definition) is 2. The Morgan fingerprint density at radius 1 is 1.15 bits per heavy atom. The molecule has 0 radical (unpaired) electrons. The van der Waals surface area contributed by atoms with E-state index < -0.39 is 6.10 Å². The summed E-state index contributed by atoms with van der Waals surface area (Å²) in [5.74, 6) is 1.11. The Kier molecular flexibility index (Phi) is 5.65. The lowest BCUT2D eigenvalue weighted by atomic mass is 9.87. The monoisotopic (exact) mass is 351 g/mol. The van der Waals surface area contributed by atoms with E-state index >= 15 is 0 Å². The molecule has 1 N–H and O–H groups in total. The second-order valence-corrected chi connectivity index (χ2v) is 7.61. The Labute approximate surface area is 156 Å². The molecule has 0 heterocycles. The van der Waals surface area contributed by atoms with E-state index in [2.05, 4.69) is 49.5 Å². The summed E-state index contributed by atoms with van der Waals surface area (Å²) in [7, 11) is 0. The number of amides is 1. The van der Waals surface area contributed by atoms with Crippen LogP contribution in [0.4, 0.5) is 0 Å². The van der Waals surface area contributed by atoms with Gasteiger partial charge in [-0.15, -0.1) is 0 Å². The fourth-order valence-electron chi connectivity index (χ4n) is 3.66. The molecule has 0 aliphatic heterocycles. The quantitative estimate of drug-likeness (QED) is 0.816. The minimum atomic E-state index is -0.525. The fraction of sp³-hybridized carbons (Fsp3) is 0.435. The number of hydrogen-bond donors (Lipinski definition) is 1. The van der Waals surface area contributed by atoms with Crippen molar-refractivity contribution >= 4 is 5.91 Å². The van der Waals surface area contributed by atoms with E-state index in [0.717, 1.165) is 36.1 Å². The van der Waals surface area contributed by atoms with E-state index in [1.807, 2.05) is 26.0 Å². The zero-order valence-corrected chi connectivity index (χ0v) is 16.2. The van der Waals surface area contributed by atoms with Gasteiger partial charge < -0.3 is 10.1 Å². The molecule has 0 aromatic heterocycles. The van der Waals surface area contributed by atoms with E-state index in [9.17, 15) is 4.79 Å². The van der Waals surface area contributed by atoms with Crippen LogP contribution in [-0.4, -0.2) is 12.0 Å². The molecule has 2 aromatic rings. The van der Waals surface area contributed by atoms with Crippen LogP contribution in [0.3, 0.4) is 0 Å². The summed E-state index contributed by atoms with van der Waals surface area (Å²) in [5.41, 5.74) is 4.87. The van der Waals surface area contributed by atoms with Crippen LogP contribution in [0, 0.1) is 6.92 Å². The van der Waals surface area contributed by atoms with Crippen molar-refractivity contribution < 1.29 is 9.53 Å². The molecule has 3 heteroatoms. The Hall–Kier alpha value is -2.29. The van der Waals surface area contributed by atoms with E-state index in [1.165, 1.54) is 11.1 Å². The average Bonchev–Trinajstić information content (AvgIpc) is 2.61. The highest BCUT2D eigenvalue weighted by molar-refractivity contribution is 5.81. The number of aryl methyl sites for hydroxylation is 2. The highest BCUT2D eigenvalue weighted by Crippen LogP contribution is 2.30. The zero-order chi connectivity index (χ0) is 18.7. The van der Waals surface area contributed by atoms with Crippen molar-refractivity contribution in [3.63, 3.8) is 0 Å². The maximum atomic E-state index is 12.8. The molecule has 26 heavy (non-hydrogen) atoms. The van der Waals surface area contributed by atoms with Crippen molar-refractivity contribution in [2.45, 2.75) is 65.0 Å². The van der Waals surface area contributed by atoms with Gasteiger partial charge in [0.1, 0.15) is 5.75 Å². The number of nitrogens with one attached hydrogen (secondary N) is 1. The van der Waals surface area contributed by atoms with Gasteiger partial charge in [0, 0.05) is 0 Å². The van der Waals surface area contributed by atoms with E-state index in [1.54, 1.807) is 0 Å². The van der Waals surface area contributed by atoms with Gasteiger partial charge in [-0.2, -0.15) is 0 Å². The third-order valence-corrected chi connectivity index (χ3v) is 5.15. The number of benzene rings is 2. The molecule has 0 fully saturated rings. The molecule has 3 nitrogen and oxygen atoms in total. The van der Waals surface area contributed by atoms with E-state index in [4.69, 9.17) is 4.74 Å². The van der Waals surface area contributed by atoms with Crippen LogP contribution in [0.15, 0.2) is 42.5 Å². The maximum Gasteiger partial charge on any atom is 0.261 e. The van der Waals surface area contributed by atoms with Crippen molar-refractivity contribution in [2.24, 2.45) is 0 Å². The van der Waals surface area contributed by atoms with Crippen LogP contribution >= 0.6 is 0 Å². The summed E-state index contributed by atoms with van der Waals surface area (Å²) in [6, 6.07) is 14.7. The second-order valence-electron chi connectivity index (χ2n) is 7.61. The summed E-state index contributed by atoms with van der Waals surface area (Å²) in [5, 5.41) is 3.19. The minimum Gasteiger partial charge on any atom is -0.481 e. The van der Waals surface area contributed by atoms with Gasteiger partial charge in [0.05, 0.1) is 6.04 Å². The summed E-state index contributed by atoms with van der Waals surface area (Å²) in [4.78, 5) is 12.8. The van der Waals surface area contributed by atoms with Gasteiger partial charge in [-0.1, -0.05) is 50.2 Å². The lowest BCUT2D eigenvalue weighted by Crippen LogP contribution is -2.39. The lowest BCUT2D eigenvalue weighted by molar-refractivity contribution is -0.128. The zero-order valence-electron chi connectivity index (χ0n) is 16.2. The van der Waals surface area contributed by atoms with Crippen LogP contribution in [0.25, 0.3) is 0 Å². The van der Waals surface area contributed by atoms with Gasteiger partial charge in [0.2, 0.25) is 0 Å². The number of carbonyl (C=O) groups is 1. The third kappa shape index (κ3) is 4.09. The molecule has 138 valence electrons. The molecule has 1 aliphatic carbocycles. The minimum absolute atomic E-state index is 0.0529. The number of ether oxygens (including phenoxy) is 1. The molecular weight excluding hydrogens is 322 g/mol. The van der Waals surface area contributed by atoms with E-state index in [0.29, 0.717) is 5.92 Å². The summed E-state index contributed by atoms with van der Waals surface area (Å²) in [6.45, 7) is 8.15. The van der Waals surface area contributed by atoms with Crippen molar-refractivity contribution in [2.75, 3.05) is 0 Å². The summed E-state index contributed by atoms with van der Waals surface area (Å²) < 4.78 is 6.07. The smallest absolute Gasteiger partial charge is 0.261 e. The van der Waals surface area contributed by atoms with Gasteiger partial charge in [-0.3, -0.25) is 4.79 Å². The van der Waals surface area contributed by atoms with Crippen LogP contribution in [0.2, 0.25) is 0 Å². The standard InChI is InChI=1S/C23H29NO2/c1-15(2)19-13-12-16(3)14-22(19)26-17(4)23(25)24-21-11-7-9-18-8-5-6-10-20(18)21/h5-6,8,10,12-15,17,21H,7,9,11H2,1-4H3,(H,24,25)/t17-,21+/m0/s1. The van der Waals surface area contributed by atoms with Gasteiger partial charge in [-0.05, 0) is 67.3 Å². The molecule has 2 aromatic carbocycles. The predicted molar refractivity (Wildman–Crippen MR) is 106 cm³/mol. The number of fused-ring (bicyclic) bond motifs is 1. The van der Waals surface area contributed by atoms with Gasteiger partial charge >= 0.3 is 0 Å². The molecule has 0 saturated carbocycles. The third-order valence-electron chi connectivity index (χ3n) is 5.15. The fourth-order valence-corrected chi connectivity index (χ4v) is 3.66. The van der Waals surface area contributed by atoms with E-state index in [-0.39, 0.29) is 11.9 Å². The summed E-state index contributed by atoms with van der Waals surface area (Å²) in [6.07, 6.45) is 2.66. The van der Waals surface area contributed by atoms with Crippen molar-refractivity contribution in [3.8, 4) is 5.75 Å². The maximum absolute atomic E-state index is 12.8. The molecule has 2 atom stereocenters. The second kappa shape index (κ2) is 7.94. The molecule has 1 amide bonds. The highest BCUT2D eigenvalue weighted by atomic mass is 16.5. The molecule has 3 rings (SSSR count). The van der Waals surface area contributed by atoms with Crippen LogP contribution in [-0.2, 0) is 11.2 Å². The topological polar surface area (TPSA) is 38.3 Å². The average molecular weight is 351 g/mol. The Morgan fingerprint density at radius 2 is 1.92 bits per heavy atom. The normalized spacial score (nSPS) is 17.5. The Bertz CT molecular complexity index is 782. The van der Waals surface area contributed by atoms with Crippen LogP contribution in [0.5, 0.6) is 5.75 Å². The highest BCUT2D eigenvalue weighted by Gasteiger charge is 2.25. The molecule has 1 aliphatic rings. The Morgan fingerprint density at radius 3 is 2.69 bits per heavy atom. The molecule has 0 spiro atoms. The first kappa shape index (κ1) is 18.5. The first-order chi connectivity index (χ1) is 12.5. The number of rotatable bonds is 5. The van der Waals surface area contributed by atoms with Crippen molar-refractivity contribution in [1.29, 1.82) is 0 Å². The first-order valence-corrected chi connectivity index (χ1v) is 9.61. The van der Waals surface area contributed by atoms with Crippen LogP contribution in [0.1, 0.15) is 67.8 Å². The number of carbonyl (C=O) groups excluding carboxylic acids is 1.